The zero-order valence-corrected chi connectivity index (χ0v) is 13.6. The van der Waals surface area contributed by atoms with Crippen molar-refractivity contribution in [3.63, 3.8) is 0 Å². The van der Waals surface area contributed by atoms with Gasteiger partial charge in [-0.1, -0.05) is 27.7 Å². The minimum absolute atomic E-state index is 0.267. The second-order valence-corrected chi connectivity index (χ2v) is 6.52. The van der Waals surface area contributed by atoms with Gasteiger partial charge in [-0.3, -0.25) is 4.79 Å². The van der Waals surface area contributed by atoms with Crippen LogP contribution in [0.5, 0.6) is 0 Å². The van der Waals surface area contributed by atoms with Crippen LogP contribution >= 0.6 is 11.8 Å². The summed E-state index contributed by atoms with van der Waals surface area (Å²) in [6, 6.07) is -0.907. The molecule has 1 unspecified atom stereocenters. The fourth-order valence-corrected chi connectivity index (χ4v) is 2.84. The predicted octanol–water partition coefficient (Wildman–Crippen LogP) is 1.74. The predicted molar refractivity (Wildman–Crippen MR) is 81.8 cm³/mol. The summed E-state index contributed by atoms with van der Waals surface area (Å²) in [5.74, 6) is 0.268. The number of rotatable bonds is 10. The van der Waals surface area contributed by atoms with Crippen LogP contribution in [0.1, 0.15) is 40.5 Å². The fourth-order valence-electron chi connectivity index (χ4n) is 1.77. The van der Waals surface area contributed by atoms with Gasteiger partial charge in [-0.25, -0.2) is 4.79 Å². The molecule has 0 aromatic carbocycles. The maximum atomic E-state index is 12.2. The van der Waals surface area contributed by atoms with Crippen LogP contribution in [0.2, 0.25) is 0 Å². The molecule has 0 saturated heterocycles. The molecule has 118 valence electrons. The molecule has 0 aromatic rings. The number of aliphatic carboxylic acids is 1. The Morgan fingerprint density at radius 2 is 1.75 bits per heavy atom. The van der Waals surface area contributed by atoms with Crippen LogP contribution in [-0.2, 0) is 9.59 Å². The average Bonchev–Trinajstić information content (AvgIpc) is 2.39. The SMILES string of the molecule is CCC(CC)(CO)C(=O)NC(CSCC(C)C)C(=O)O. The van der Waals surface area contributed by atoms with Crippen molar-refractivity contribution in [3.05, 3.63) is 0 Å². The molecule has 5 nitrogen and oxygen atoms in total. The van der Waals surface area contributed by atoms with Gasteiger partial charge < -0.3 is 15.5 Å². The highest BCUT2D eigenvalue weighted by atomic mass is 32.2. The number of aliphatic hydroxyl groups is 1. The first-order valence-corrected chi connectivity index (χ1v) is 8.20. The van der Waals surface area contributed by atoms with E-state index in [1.807, 2.05) is 13.8 Å². The summed E-state index contributed by atoms with van der Waals surface area (Å²) in [6.45, 7) is 7.50. The number of carbonyl (C=O) groups is 2. The Labute approximate surface area is 125 Å². The lowest BCUT2D eigenvalue weighted by atomic mass is 9.82. The van der Waals surface area contributed by atoms with Crippen molar-refractivity contribution in [1.29, 1.82) is 0 Å². The molecule has 0 aliphatic carbocycles. The van der Waals surface area contributed by atoms with Gasteiger partial charge in [-0.15, -0.1) is 0 Å². The van der Waals surface area contributed by atoms with Crippen molar-refractivity contribution in [3.8, 4) is 0 Å². The van der Waals surface area contributed by atoms with E-state index in [2.05, 4.69) is 19.2 Å². The quantitative estimate of drug-likeness (QED) is 0.572. The van der Waals surface area contributed by atoms with Crippen molar-refractivity contribution >= 4 is 23.6 Å². The molecule has 6 heteroatoms. The van der Waals surface area contributed by atoms with Gasteiger partial charge in [0.2, 0.25) is 5.91 Å². The van der Waals surface area contributed by atoms with Crippen LogP contribution in [0, 0.1) is 11.3 Å². The molecule has 0 spiro atoms. The first-order valence-electron chi connectivity index (χ1n) is 7.05. The van der Waals surface area contributed by atoms with E-state index >= 15 is 0 Å². The molecule has 0 saturated carbocycles. The molecule has 3 N–H and O–H groups in total. The number of amides is 1. The topological polar surface area (TPSA) is 86.6 Å². The van der Waals surface area contributed by atoms with Gasteiger partial charge in [0.25, 0.3) is 0 Å². The Morgan fingerprint density at radius 3 is 2.10 bits per heavy atom. The zero-order chi connectivity index (χ0) is 15.8. The minimum Gasteiger partial charge on any atom is -0.480 e. The molecule has 1 amide bonds. The molecular weight excluding hydrogens is 278 g/mol. The Morgan fingerprint density at radius 1 is 1.20 bits per heavy atom. The number of aliphatic hydroxyl groups excluding tert-OH is 1. The highest BCUT2D eigenvalue weighted by molar-refractivity contribution is 7.99. The minimum atomic E-state index is -1.03. The lowest BCUT2D eigenvalue weighted by molar-refractivity contribution is -0.144. The second kappa shape index (κ2) is 9.23. The lowest BCUT2D eigenvalue weighted by Crippen LogP contribution is -2.50. The molecule has 0 aliphatic rings. The first-order chi connectivity index (χ1) is 9.32. The van der Waals surface area contributed by atoms with E-state index in [-0.39, 0.29) is 12.5 Å². The third kappa shape index (κ3) is 5.71. The van der Waals surface area contributed by atoms with Crippen molar-refractivity contribution in [2.75, 3.05) is 18.1 Å². The Kier molecular flexibility index (Phi) is 8.89. The number of hydrogen-bond acceptors (Lipinski definition) is 4. The highest BCUT2D eigenvalue weighted by Crippen LogP contribution is 2.26. The summed E-state index contributed by atoms with van der Waals surface area (Å²) in [6.07, 6.45) is 0.967. The van der Waals surface area contributed by atoms with Crippen LogP contribution in [-0.4, -0.2) is 46.2 Å². The highest BCUT2D eigenvalue weighted by Gasteiger charge is 2.36. The van der Waals surface area contributed by atoms with Gasteiger partial charge in [0.15, 0.2) is 0 Å². The summed E-state index contributed by atoms with van der Waals surface area (Å²) >= 11 is 1.52. The third-order valence-corrected chi connectivity index (χ3v) is 4.95. The zero-order valence-electron chi connectivity index (χ0n) is 12.8. The molecule has 0 heterocycles. The maximum absolute atomic E-state index is 12.2. The number of hydrogen-bond donors (Lipinski definition) is 3. The van der Waals surface area contributed by atoms with Gasteiger partial charge in [-0.05, 0) is 24.5 Å². The Hall–Kier alpha value is -0.750. The maximum Gasteiger partial charge on any atom is 0.327 e. The molecule has 1 atom stereocenters. The number of thioether (sulfide) groups is 1. The summed E-state index contributed by atoms with van der Waals surface area (Å²) < 4.78 is 0. The van der Waals surface area contributed by atoms with E-state index in [0.29, 0.717) is 24.5 Å². The summed E-state index contributed by atoms with van der Waals surface area (Å²) in [7, 11) is 0. The Bertz CT molecular complexity index is 308. The lowest BCUT2D eigenvalue weighted by Gasteiger charge is -2.29. The van der Waals surface area contributed by atoms with E-state index in [0.717, 1.165) is 5.75 Å². The molecule has 0 aliphatic heterocycles. The van der Waals surface area contributed by atoms with Gasteiger partial charge in [0, 0.05) is 5.75 Å². The van der Waals surface area contributed by atoms with Crippen LogP contribution in [0.4, 0.5) is 0 Å². The summed E-state index contributed by atoms with van der Waals surface area (Å²) in [5, 5.41) is 21.2. The van der Waals surface area contributed by atoms with Crippen molar-refractivity contribution in [2.24, 2.45) is 11.3 Å². The molecule has 0 bridgehead atoms. The van der Waals surface area contributed by atoms with E-state index in [1.165, 1.54) is 11.8 Å². The van der Waals surface area contributed by atoms with E-state index < -0.39 is 17.4 Å². The van der Waals surface area contributed by atoms with Crippen LogP contribution in [0.15, 0.2) is 0 Å². The number of nitrogens with one attached hydrogen (secondary N) is 1. The first kappa shape index (κ1) is 19.2. The van der Waals surface area contributed by atoms with E-state index in [9.17, 15) is 19.8 Å². The van der Waals surface area contributed by atoms with Gasteiger partial charge in [0.05, 0.1) is 12.0 Å². The van der Waals surface area contributed by atoms with Crippen LogP contribution in [0.3, 0.4) is 0 Å². The normalized spacial score (nSPS) is 13.3. The summed E-state index contributed by atoms with van der Waals surface area (Å²) in [5.41, 5.74) is -0.879. The Balaban J connectivity index is 4.65. The smallest absolute Gasteiger partial charge is 0.327 e. The van der Waals surface area contributed by atoms with Gasteiger partial charge >= 0.3 is 5.97 Å². The summed E-state index contributed by atoms with van der Waals surface area (Å²) in [4.78, 5) is 23.4. The number of carboxylic acid groups (broad SMARTS) is 1. The molecule has 0 radical (unpaired) electrons. The number of carbonyl (C=O) groups excluding carboxylic acids is 1. The molecule has 0 rings (SSSR count). The van der Waals surface area contributed by atoms with Crippen LogP contribution < -0.4 is 5.32 Å². The fraction of sp³-hybridized carbons (Fsp3) is 0.857. The largest absolute Gasteiger partial charge is 0.480 e. The molecule has 0 fully saturated rings. The van der Waals surface area contributed by atoms with E-state index in [4.69, 9.17) is 0 Å². The van der Waals surface area contributed by atoms with Gasteiger partial charge in [-0.2, -0.15) is 11.8 Å². The second-order valence-electron chi connectivity index (χ2n) is 5.44. The molecule has 0 aromatic heterocycles. The van der Waals surface area contributed by atoms with Crippen molar-refractivity contribution < 1.29 is 19.8 Å². The molecule has 20 heavy (non-hydrogen) atoms. The van der Waals surface area contributed by atoms with Crippen molar-refractivity contribution in [2.45, 2.75) is 46.6 Å². The molecular formula is C14H27NO4S. The standard InChI is InChI=1S/C14H27NO4S/c1-5-14(6-2,9-16)13(19)15-11(12(17)18)8-20-7-10(3)4/h10-11,16H,5-9H2,1-4H3,(H,15,19)(H,17,18). The van der Waals surface area contributed by atoms with Crippen molar-refractivity contribution in [1.82, 2.24) is 5.32 Å². The monoisotopic (exact) mass is 305 g/mol. The average molecular weight is 305 g/mol. The van der Waals surface area contributed by atoms with E-state index in [1.54, 1.807) is 0 Å². The number of carboxylic acids is 1. The third-order valence-electron chi connectivity index (χ3n) is 3.48. The van der Waals surface area contributed by atoms with Crippen LogP contribution in [0.25, 0.3) is 0 Å². The van der Waals surface area contributed by atoms with Gasteiger partial charge in [0.1, 0.15) is 6.04 Å².